The summed E-state index contributed by atoms with van der Waals surface area (Å²) in [6.07, 6.45) is 52.3. The maximum Gasteiger partial charge on any atom is 0.0951 e. The molecule has 2 fully saturated rings. The van der Waals surface area contributed by atoms with E-state index in [-0.39, 0.29) is 18.1 Å². The molecule has 14 heterocycles. The number of imidazole rings is 6. The minimum absolute atomic E-state index is 0.228. The Bertz CT molecular complexity index is 6580. The molecule has 0 saturated heterocycles. The zero-order valence-corrected chi connectivity index (χ0v) is 73.3. The van der Waals surface area contributed by atoms with Crippen molar-refractivity contribution in [3.05, 3.63) is 435 Å². The Morgan fingerprint density at radius 1 is 0.299 bits per heavy atom. The molecule has 6 aromatic carbocycles. The van der Waals surface area contributed by atoms with Gasteiger partial charge in [0.25, 0.3) is 0 Å². The minimum atomic E-state index is 0.228. The molecule has 2 saturated carbocycles. The molecule has 22 rings (SSSR count). The van der Waals surface area contributed by atoms with Crippen LogP contribution in [0.15, 0.2) is 402 Å². The summed E-state index contributed by atoms with van der Waals surface area (Å²) in [4.78, 5) is 52.8. The lowest BCUT2D eigenvalue weighted by Crippen LogP contribution is -2.15. The van der Waals surface area contributed by atoms with Crippen LogP contribution in [0.2, 0.25) is 0 Å². The molecule has 0 bridgehead atoms. The van der Waals surface area contributed by atoms with Gasteiger partial charge in [-0.2, -0.15) is 22.7 Å². The lowest BCUT2D eigenvalue weighted by molar-refractivity contribution is 0.435. The first-order valence-corrected chi connectivity index (χ1v) is 45.2. The van der Waals surface area contributed by atoms with Crippen LogP contribution in [0.5, 0.6) is 0 Å². The summed E-state index contributed by atoms with van der Waals surface area (Å²) >= 11 is 3.40. The Morgan fingerprint density at radius 3 is 0.976 bits per heavy atom. The number of rotatable bonds is 22. The summed E-state index contributed by atoms with van der Waals surface area (Å²) in [5, 5.41) is 13.4. The number of fused-ring (bicyclic) bond motifs is 2. The molecule has 127 heavy (non-hydrogen) atoms. The maximum atomic E-state index is 4.81. The Morgan fingerprint density at radius 2 is 0.630 bits per heavy atom. The fourth-order valence-corrected chi connectivity index (χ4v) is 17.7. The van der Waals surface area contributed by atoms with Crippen LogP contribution in [-0.2, 0) is 0 Å². The summed E-state index contributed by atoms with van der Waals surface area (Å²) in [5.74, 6) is 1.92. The number of thiophene rings is 2. The van der Waals surface area contributed by atoms with E-state index in [1.54, 1.807) is 35.1 Å². The number of hydrogen-bond acceptors (Lipinski definition) is 14. The summed E-state index contributed by atoms with van der Waals surface area (Å²) < 4.78 is 12.8. The van der Waals surface area contributed by atoms with E-state index in [0.717, 1.165) is 57.6 Å². The van der Waals surface area contributed by atoms with Crippen LogP contribution in [0.4, 0.5) is 0 Å². The van der Waals surface area contributed by atoms with Crippen molar-refractivity contribution in [1.29, 1.82) is 0 Å². The SMILES string of the molecule is CC(C)C(c1ccc(-c2ccccc2)nc1)n1ccnc1.CC(c1ccc(-c2cccc3ccccc23)nc1)n1ccnc1.CC(c1ccc(-c2ccsc2)nc1)n1ccnc1.CCC(c1ccc(-c2ccccc2)nc1)n1ccnc1.c1ccc2c(-c3ccc(C(C4CC4)n4ccnc4)cn3)cccc2c1.c1cn(C(c2ccc(-c3ccsc3)nc2)C2CC2)cn1. The van der Waals surface area contributed by atoms with Gasteiger partial charge in [-0.05, 0) is 178 Å². The molecule has 20 heteroatoms. The Labute approximate surface area is 749 Å². The second-order valence-corrected chi connectivity index (χ2v) is 33.8. The van der Waals surface area contributed by atoms with Crippen molar-refractivity contribution in [2.75, 3.05) is 0 Å². The van der Waals surface area contributed by atoms with E-state index in [1.807, 2.05) is 161 Å². The summed E-state index contributed by atoms with van der Waals surface area (Å²) in [6, 6.07) is 81.8. The molecule has 0 aliphatic heterocycles. The van der Waals surface area contributed by atoms with Crippen LogP contribution >= 0.6 is 22.7 Å². The van der Waals surface area contributed by atoms with E-state index in [0.29, 0.717) is 30.0 Å². The van der Waals surface area contributed by atoms with Crippen molar-refractivity contribution < 1.29 is 0 Å². The van der Waals surface area contributed by atoms with E-state index in [4.69, 9.17) is 9.97 Å². The van der Waals surface area contributed by atoms with E-state index in [1.165, 1.54) is 103 Å². The zero-order valence-electron chi connectivity index (χ0n) is 71.7. The first-order valence-electron chi connectivity index (χ1n) is 43.4. The van der Waals surface area contributed by atoms with Crippen molar-refractivity contribution in [2.45, 2.75) is 103 Å². The van der Waals surface area contributed by atoms with Crippen LogP contribution in [0.25, 0.3) is 89.1 Å². The third-order valence-corrected chi connectivity index (χ3v) is 24.9. The van der Waals surface area contributed by atoms with Gasteiger partial charge in [0.15, 0.2) is 0 Å². The highest BCUT2D eigenvalue weighted by Crippen LogP contribution is 2.45. The smallest absolute Gasteiger partial charge is 0.0951 e. The molecule has 18 nitrogen and oxygen atoms in total. The van der Waals surface area contributed by atoms with Crippen LogP contribution in [0.3, 0.4) is 0 Å². The van der Waals surface area contributed by atoms with Crippen LogP contribution in [0, 0.1) is 17.8 Å². The number of aromatic nitrogens is 18. The van der Waals surface area contributed by atoms with Crippen molar-refractivity contribution in [3.63, 3.8) is 0 Å². The highest BCUT2D eigenvalue weighted by Gasteiger charge is 2.35. The average molecular weight is 1700 g/mol. The van der Waals surface area contributed by atoms with Gasteiger partial charge >= 0.3 is 0 Å². The number of benzene rings is 6. The van der Waals surface area contributed by atoms with Crippen molar-refractivity contribution in [1.82, 2.24) is 87.2 Å². The van der Waals surface area contributed by atoms with Crippen molar-refractivity contribution >= 4 is 44.2 Å². The fourth-order valence-electron chi connectivity index (χ4n) is 16.4. The maximum absolute atomic E-state index is 4.81. The van der Waals surface area contributed by atoms with Gasteiger partial charge in [0.1, 0.15) is 0 Å². The zero-order chi connectivity index (χ0) is 86.5. The lowest BCUT2D eigenvalue weighted by atomic mass is 9.96. The van der Waals surface area contributed by atoms with Gasteiger partial charge in [-0.1, -0.05) is 203 Å². The predicted octanol–water partition coefficient (Wildman–Crippen LogP) is 25.6. The molecule has 2 aliphatic rings. The Hall–Kier alpha value is -14.6. The fraction of sp³-hybridized carbons (Fsp3) is 0.178. The second kappa shape index (κ2) is 41.3. The molecular weight excluding hydrogens is 1600 g/mol. The van der Waals surface area contributed by atoms with Crippen molar-refractivity contribution in [2.24, 2.45) is 17.8 Å². The highest BCUT2D eigenvalue weighted by molar-refractivity contribution is 7.08. The largest absolute Gasteiger partial charge is 0.330 e. The normalized spacial score (nSPS) is 13.6. The number of pyridine rings is 6. The Kier molecular flexibility index (Phi) is 27.5. The first kappa shape index (κ1) is 84.6. The molecule has 630 valence electrons. The molecule has 0 radical (unpaired) electrons. The van der Waals surface area contributed by atoms with Crippen molar-refractivity contribution in [3.8, 4) is 67.5 Å². The van der Waals surface area contributed by atoms with Gasteiger partial charge in [0, 0.05) is 156 Å². The van der Waals surface area contributed by atoms with E-state index in [2.05, 4.69) is 340 Å². The molecule has 2 aliphatic carbocycles. The van der Waals surface area contributed by atoms with Gasteiger partial charge in [-0.15, -0.1) is 0 Å². The first-order chi connectivity index (χ1) is 62.6. The Balaban J connectivity index is 0.000000108. The molecule has 0 spiro atoms. The molecule has 0 N–H and O–H groups in total. The van der Waals surface area contributed by atoms with E-state index < -0.39 is 0 Å². The molecular formula is C107H100N18S2. The van der Waals surface area contributed by atoms with Crippen LogP contribution in [-0.4, -0.2) is 87.2 Å². The highest BCUT2D eigenvalue weighted by atomic mass is 32.1. The molecule has 6 unspecified atom stereocenters. The summed E-state index contributed by atoms with van der Waals surface area (Å²) in [6.45, 7) is 10.9. The molecule has 14 aromatic heterocycles. The standard InChI is InChI=1S/C22H19N3.C20H17N3.C18H19N3.C17H17N3.C16H15N3S.C14H13N3S/c1-2-6-19-16(4-1)5-3-7-20(19)21-11-10-18(14-24-21)22(17-8-9-17)25-13-12-23-15-25;1-15(23-12-11-21-14-23)17-9-10-20(22-13-17)19-8-4-6-16-5-2-3-7-18(16)19;1-14(2)18(21-11-10-19-13-21)16-8-9-17(20-12-16)15-6-4-3-5-7-15;1-2-17(20-11-10-18-13-20)15-8-9-16(19-12-15)14-6-4-3-5-7-14;1-2-12(1)16(19-7-6-17-11-19)13-3-4-15(18-9-13)14-5-8-20-10-14;1-11(17-6-5-15-10-17)12-2-3-14(16-8-12)13-4-7-18-9-13/h1-7,10-15,17,22H,8-9H2;2-15H,1H3;3-14,18H,1-2H3;3-13,17H,2H2,1H3;3-12,16H,1-2H2;2-11H,1H3. The van der Waals surface area contributed by atoms with Crippen LogP contribution < -0.4 is 0 Å². The van der Waals surface area contributed by atoms with E-state index in [9.17, 15) is 0 Å². The van der Waals surface area contributed by atoms with Gasteiger partial charge in [0.2, 0.25) is 0 Å². The minimum Gasteiger partial charge on any atom is -0.330 e. The number of nitrogens with zero attached hydrogens (tertiary/aromatic N) is 18. The number of hydrogen-bond donors (Lipinski definition) is 0. The summed E-state index contributed by atoms with van der Waals surface area (Å²) in [7, 11) is 0. The molecule has 20 aromatic rings. The summed E-state index contributed by atoms with van der Waals surface area (Å²) in [5.41, 5.74) is 20.5. The third-order valence-electron chi connectivity index (χ3n) is 23.5. The predicted molar refractivity (Wildman–Crippen MR) is 513 cm³/mol. The average Bonchev–Trinajstić information content (AvgIpc) is 1.76. The van der Waals surface area contributed by atoms with Gasteiger partial charge in [-0.3, -0.25) is 29.9 Å². The van der Waals surface area contributed by atoms with Crippen LogP contribution in [0.1, 0.15) is 136 Å². The topological polar surface area (TPSA) is 184 Å². The van der Waals surface area contributed by atoms with Gasteiger partial charge in [0.05, 0.1) is 108 Å². The van der Waals surface area contributed by atoms with Gasteiger partial charge in [-0.25, -0.2) is 29.9 Å². The monoisotopic (exact) mass is 1700 g/mol. The lowest BCUT2D eigenvalue weighted by Gasteiger charge is -2.22. The molecule has 6 atom stereocenters. The second-order valence-electron chi connectivity index (χ2n) is 32.3. The third kappa shape index (κ3) is 21.1. The molecule has 0 amide bonds. The van der Waals surface area contributed by atoms with Gasteiger partial charge < -0.3 is 27.4 Å². The van der Waals surface area contributed by atoms with E-state index >= 15 is 0 Å². The quantitative estimate of drug-likeness (QED) is 0.0626.